The Morgan fingerprint density at radius 3 is 2.45 bits per heavy atom. The number of thiazole rings is 1. The van der Waals surface area contributed by atoms with Gasteiger partial charge in [-0.25, -0.2) is 9.79 Å². The molecule has 0 radical (unpaired) electrons. The maximum atomic E-state index is 13.6. The van der Waals surface area contributed by atoms with Gasteiger partial charge in [0.2, 0.25) is 0 Å². The van der Waals surface area contributed by atoms with Gasteiger partial charge in [0.1, 0.15) is 0 Å². The molecule has 0 spiro atoms. The van der Waals surface area contributed by atoms with Gasteiger partial charge in [-0.1, -0.05) is 77.5 Å². The Labute approximate surface area is 204 Å². The molecule has 1 unspecified atom stereocenters. The number of hydrogen-bond donors (Lipinski definition) is 0. The molecule has 0 fully saturated rings. The molecular weight excluding hydrogens is 500 g/mol. The Morgan fingerprint density at radius 1 is 1.18 bits per heavy atom. The summed E-state index contributed by atoms with van der Waals surface area (Å²) in [4.78, 5) is 31.7. The number of benzene rings is 2. The number of halogens is 1. The van der Waals surface area contributed by atoms with Crippen molar-refractivity contribution in [1.82, 2.24) is 4.57 Å². The third-order valence-corrected chi connectivity index (χ3v) is 7.12. The third kappa shape index (κ3) is 4.66. The van der Waals surface area contributed by atoms with Crippen molar-refractivity contribution in [3.63, 3.8) is 0 Å². The highest BCUT2D eigenvalue weighted by molar-refractivity contribution is 9.10. The lowest BCUT2D eigenvalue weighted by Crippen LogP contribution is -2.39. The van der Waals surface area contributed by atoms with Crippen molar-refractivity contribution >= 4 is 39.3 Å². The summed E-state index contributed by atoms with van der Waals surface area (Å²) in [5.74, 6) is -0.0624. The Kier molecular flexibility index (Phi) is 6.81. The van der Waals surface area contributed by atoms with Crippen LogP contribution < -0.4 is 14.9 Å². The van der Waals surface area contributed by atoms with Crippen molar-refractivity contribution in [2.75, 3.05) is 6.61 Å². The Bertz CT molecular complexity index is 1400. The normalized spacial score (nSPS) is 16.1. The predicted molar refractivity (Wildman–Crippen MR) is 135 cm³/mol. The van der Waals surface area contributed by atoms with Crippen molar-refractivity contribution < 1.29 is 9.53 Å². The quantitative estimate of drug-likeness (QED) is 0.455. The number of fused-ring (bicyclic) bond motifs is 1. The van der Waals surface area contributed by atoms with Crippen LogP contribution in [0.2, 0.25) is 0 Å². The summed E-state index contributed by atoms with van der Waals surface area (Å²) in [5.41, 5.74) is 3.77. The Morgan fingerprint density at radius 2 is 1.85 bits per heavy atom. The van der Waals surface area contributed by atoms with Crippen LogP contribution in [0.15, 0.2) is 74.1 Å². The van der Waals surface area contributed by atoms with Gasteiger partial charge in [0.05, 0.1) is 28.5 Å². The standard InChI is InChI=1S/C26H25BrN2O3S/c1-5-32-25(31)22-16(4)28-26-29(23(22)19-10-8-18(9-11-19)15(2)3)24(30)21(33-26)14-17-6-12-20(27)13-7-17/h6-15,23H,5H2,1-4H3/b21-14-. The summed E-state index contributed by atoms with van der Waals surface area (Å²) in [5, 5.41) is 0. The van der Waals surface area contributed by atoms with E-state index in [1.165, 1.54) is 16.9 Å². The van der Waals surface area contributed by atoms with Gasteiger partial charge in [-0.05, 0) is 54.7 Å². The number of ether oxygens (including phenoxy) is 1. The molecule has 0 saturated heterocycles. The molecule has 0 N–H and O–H groups in total. The summed E-state index contributed by atoms with van der Waals surface area (Å²) < 4.78 is 8.52. The summed E-state index contributed by atoms with van der Waals surface area (Å²) in [7, 11) is 0. The van der Waals surface area contributed by atoms with Crippen molar-refractivity contribution in [1.29, 1.82) is 0 Å². The zero-order valence-electron chi connectivity index (χ0n) is 19.0. The van der Waals surface area contributed by atoms with Crippen LogP contribution in [-0.2, 0) is 9.53 Å². The molecule has 1 aliphatic rings. The Hall–Kier alpha value is -2.77. The smallest absolute Gasteiger partial charge is 0.338 e. The lowest BCUT2D eigenvalue weighted by molar-refractivity contribution is -0.139. The molecule has 1 atom stereocenters. The van der Waals surface area contributed by atoms with E-state index in [1.54, 1.807) is 18.4 Å². The van der Waals surface area contributed by atoms with Crippen LogP contribution in [-0.4, -0.2) is 17.1 Å². The third-order valence-electron chi connectivity index (χ3n) is 5.60. The maximum Gasteiger partial charge on any atom is 0.338 e. The molecule has 2 heterocycles. The van der Waals surface area contributed by atoms with Gasteiger partial charge in [0.15, 0.2) is 4.80 Å². The second kappa shape index (κ2) is 9.61. The summed E-state index contributed by atoms with van der Waals surface area (Å²) in [6.07, 6.45) is 1.86. The first-order valence-electron chi connectivity index (χ1n) is 10.8. The maximum absolute atomic E-state index is 13.6. The van der Waals surface area contributed by atoms with E-state index in [0.717, 1.165) is 15.6 Å². The number of esters is 1. The molecular formula is C26H25BrN2O3S. The number of carbonyl (C=O) groups excluding carboxylic acids is 1. The van der Waals surface area contributed by atoms with E-state index in [1.807, 2.05) is 42.5 Å². The van der Waals surface area contributed by atoms with E-state index in [2.05, 4.69) is 46.9 Å². The number of hydrogen-bond acceptors (Lipinski definition) is 5. The molecule has 0 saturated carbocycles. The number of nitrogens with zero attached hydrogens (tertiary/aromatic N) is 2. The zero-order valence-corrected chi connectivity index (χ0v) is 21.4. The zero-order chi connectivity index (χ0) is 23.7. The van der Waals surface area contributed by atoms with Gasteiger partial charge in [-0.2, -0.15) is 0 Å². The summed E-state index contributed by atoms with van der Waals surface area (Å²) in [6, 6.07) is 15.3. The topological polar surface area (TPSA) is 60.7 Å². The van der Waals surface area contributed by atoms with Crippen LogP contribution in [0.5, 0.6) is 0 Å². The number of carbonyl (C=O) groups is 1. The van der Waals surface area contributed by atoms with Gasteiger partial charge >= 0.3 is 5.97 Å². The highest BCUT2D eigenvalue weighted by Gasteiger charge is 2.33. The van der Waals surface area contributed by atoms with E-state index in [4.69, 9.17) is 4.74 Å². The first-order chi connectivity index (χ1) is 15.8. The van der Waals surface area contributed by atoms with Crippen LogP contribution in [0.4, 0.5) is 0 Å². The van der Waals surface area contributed by atoms with E-state index in [9.17, 15) is 9.59 Å². The minimum Gasteiger partial charge on any atom is -0.463 e. The largest absolute Gasteiger partial charge is 0.463 e. The number of rotatable bonds is 5. The van der Waals surface area contributed by atoms with Crippen molar-refractivity contribution in [2.24, 2.45) is 4.99 Å². The molecule has 0 bridgehead atoms. The van der Waals surface area contributed by atoms with Crippen molar-refractivity contribution in [3.8, 4) is 0 Å². The molecule has 7 heteroatoms. The molecule has 2 aromatic carbocycles. The van der Waals surface area contributed by atoms with Crippen LogP contribution >= 0.6 is 27.3 Å². The van der Waals surface area contributed by atoms with E-state index >= 15 is 0 Å². The van der Waals surface area contributed by atoms with E-state index in [0.29, 0.717) is 26.5 Å². The Balaban J connectivity index is 1.92. The van der Waals surface area contributed by atoms with Crippen molar-refractivity contribution in [2.45, 2.75) is 39.7 Å². The lowest BCUT2D eigenvalue weighted by Gasteiger charge is -2.25. The van der Waals surface area contributed by atoms with Gasteiger partial charge in [0.25, 0.3) is 5.56 Å². The van der Waals surface area contributed by atoms with Crippen molar-refractivity contribution in [3.05, 3.63) is 101 Å². The lowest BCUT2D eigenvalue weighted by atomic mass is 9.93. The molecule has 5 nitrogen and oxygen atoms in total. The molecule has 1 aliphatic heterocycles. The number of aromatic nitrogens is 1. The minimum atomic E-state index is -0.589. The fraction of sp³-hybridized carbons (Fsp3) is 0.269. The van der Waals surface area contributed by atoms with Gasteiger partial charge in [-0.15, -0.1) is 0 Å². The van der Waals surface area contributed by atoms with Gasteiger partial charge in [-0.3, -0.25) is 9.36 Å². The summed E-state index contributed by atoms with van der Waals surface area (Å²) >= 11 is 4.77. The molecule has 33 heavy (non-hydrogen) atoms. The predicted octanol–water partition coefficient (Wildman–Crippen LogP) is 4.68. The molecule has 3 aromatic rings. The highest BCUT2D eigenvalue weighted by Crippen LogP contribution is 2.31. The molecule has 0 aliphatic carbocycles. The fourth-order valence-corrected chi connectivity index (χ4v) is 5.19. The van der Waals surface area contributed by atoms with Gasteiger partial charge < -0.3 is 4.74 Å². The van der Waals surface area contributed by atoms with Crippen LogP contribution in [0.3, 0.4) is 0 Å². The first kappa shape index (κ1) is 23.4. The second-order valence-electron chi connectivity index (χ2n) is 8.18. The summed E-state index contributed by atoms with van der Waals surface area (Å²) in [6.45, 7) is 8.09. The average molecular weight is 525 g/mol. The second-order valence-corrected chi connectivity index (χ2v) is 10.1. The molecule has 0 amide bonds. The fourth-order valence-electron chi connectivity index (χ4n) is 3.88. The highest BCUT2D eigenvalue weighted by atomic mass is 79.9. The minimum absolute atomic E-state index is 0.172. The van der Waals surface area contributed by atoms with Crippen LogP contribution in [0, 0.1) is 0 Å². The molecule has 4 rings (SSSR count). The van der Waals surface area contributed by atoms with Gasteiger partial charge in [0, 0.05) is 4.47 Å². The average Bonchev–Trinajstić information content (AvgIpc) is 3.09. The molecule has 170 valence electrons. The van der Waals surface area contributed by atoms with Crippen LogP contribution in [0.1, 0.15) is 56.3 Å². The SMILES string of the molecule is CCOC(=O)C1=C(C)N=c2s/c(=C\c3ccc(Br)cc3)c(=O)n2C1c1ccc(C(C)C)cc1. The van der Waals surface area contributed by atoms with Crippen LogP contribution in [0.25, 0.3) is 6.08 Å². The van der Waals surface area contributed by atoms with E-state index < -0.39 is 12.0 Å². The number of allylic oxidation sites excluding steroid dienone is 1. The molecule has 1 aromatic heterocycles. The first-order valence-corrected chi connectivity index (χ1v) is 12.5. The van der Waals surface area contributed by atoms with E-state index in [-0.39, 0.29) is 12.2 Å². The monoisotopic (exact) mass is 524 g/mol.